The number of thiazole rings is 1. The van der Waals surface area contributed by atoms with Crippen LogP contribution in [-0.2, 0) is 44.6 Å². The van der Waals surface area contributed by atoms with Gasteiger partial charge < -0.3 is 29.7 Å². The van der Waals surface area contributed by atoms with Crippen molar-refractivity contribution in [2.45, 2.75) is 137 Å². The number of hydrogen-bond acceptors (Lipinski definition) is 12. The molecule has 2 N–H and O–H groups in total. The fourth-order valence-electron chi connectivity index (χ4n) is 7.25. The summed E-state index contributed by atoms with van der Waals surface area (Å²) in [7, 11) is 3.24. The monoisotopic (exact) mass is 827 g/mol. The number of benzene rings is 1. The van der Waals surface area contributed by atoms with Crippen LogP contribution < -0.4 is 10.6 Å². The van der Waals surface area contributed by atoms with E-state index in [2.05, 4.69) is 15.6 Å². The number of aromatic nitrogens is 1. The minimum atomic E-state index is -0.968. The lowest BCUT2D eigenvalue weighted by Gasteiger charge is -2.39. The van der Waals surface area contributed by atoms with E-state index in [1.165, 1.54) is 18.9 Å². The highest BCUT2D eigenvalue weighted by atomic mass is 32.1. The van der Waals surface area contributed by atoms with E-state index in [9.17, 15) is 28.8 Å². The van der Waals surface area contributed by atoms with Gasteiger partial charge in [-0.1, -0.05) is 84.7 Å². The maximum absolute atomic E-state index is 14.8. The van der Waals surface area contributed by atoms with Crippen molar-refractivity contribution < 1.29 is 43.0 Å². The van der Waals surface area contributed by atoms with Crippen molar-refractivity contribution in [2.75, 3.05) is 27.4 Å². The van der Waals surface area contributed by atoms with Crippen molar-refractivity contribution in [3.8, 4) is 0 Å². The van der Waals surface area contributed by atoms with Gasteiger partial charge in [0, 0.05) is 37.2 Å². The van der Waals surface area contributed by atoms with Crippen LogP contribution in [0.1, 0.15) is 127 Å². The second-order valence-electron chi connectivity index (χ2n) is 15.8. The first-order valence-electron chi connectivity index (χ1n) is 20.6. The highest BCUT2D eigenvalue weighted by Gasteiger charge is 2.39. The van der Waals surface area contributed by atoms with Gasteiger partial charge in [0.05, 0.1) is 19.1 Å². The molecular formula is C43H65N5O9S. The van der Waals surface area contributed by atoms with Gasteiger partial charge in [-0.05, 0) is 63.1 Å². The zero-order chi connectivity index (χ0) is 42.9. The molecule has 0 radical (unpaired) electrons. The van der Waals surface area contributed by atoms with Gasteiger partial charge >= 0.3 is 17.9 Å². The smallest absolute Gasteiger partial charge is 0.308 e. The van der Waals surface area contributed by atoms with Gasteiger partial charge in [-0.2, -0.15) is 0 Å². The van der Waals surface area contributed by atoms with Crippen LogP contribution in [0.4, 0.5) is 0 Å². The van der Waals surface area contributed by atoms with E-state index in [-0.39, 0.29) is 55.0 Å². The third-order valence-corrected chi connectivity index (χ3v) is 11.8. The molecule has 0 spiro atoms. The Morgan fingerprint density at radius 2 is 1.71 bits per heavy atom. The summed E-state index contributed by atoms with van der Waals surface area (Å²) in [6, 6.07) is 7.28. The van der Waals surface area contributed by atoms with Crippen LogP contribution in [0.2, 0.25) is 0 Å². The zero-order valence-electron chi connectivity index (χ0n) is 35.8. The van der Waals surface area contributed by atoms with E-state index < -0.39 is 53.9 Å². The molecule has 15 heteroatoms. The normalized spacial score (nSPS) is 17.5. The molecule has 3 rings (SSSR count). The van der Waals surface area contributed by atoms with Gasteiger partial charge in [0.25, 0.3) is 5.91 Å². The predicted molar refractivity (Wildman–Crippen MR) is 221 cm³/mol. The molecule has 7 atom stereocenters. The molecule has 1 aromatic heterocycles. The van der Waals surface area contributed by atoms with Crippen LogP contribution in [0.3, 0.4) is 0 Å². The molecule has 1 aliphatic heterocycles. The zero-order valence-corrected chi connectivity index (χ0v) is 36.6. The first-order chi connectivity index (χ1) is 27.6. The fraction of sp³-hybridized carbons (Fsp3) is 0.651. The number of methoxy groups -OCH3 is 1. The number of piperidine rings is 1. The number of hydrogen-bond donors (Lipinski definition) is 2. The van der Waals surface area contributed by atoms with Crippen LogP contribution in [0.25, 0.3) is 0 Å². The molecule has 1 unspecified atom stereocenters. The van der Waals surface area contributed by atoms with E-state index in [4.69, 9.17) is 14.2 Å². The van der Waals surface area contributed by atoms with Crippen molar-refractivity contribution in [3.63, 3.8) is 0 Å². The molecular weight excluding hydrogens is 763 g/mol. The van der Waals surface area contributed by atoms with Crippen LogP contribution in [0.5, 0.6) is 0 Å². The summed E-state index contributed by atoms with van der Waals surface area (Å²) in [6.07, 6.45) is 3.84. The molecule has 1 fully saturated rings. The number of likely N-dealkylation sites (N-methyl/N-ethyl adjacent to an activating group) is 1. The van der Waals surface area contributed by atoms with Crippen molar-refractivity contribution in [1.82, 2.24) is 25.4 Å². The maximum atomic E-state index is 14.8. The molecule has 1 aliphatic rings. The van der Waals surface area contributed by atoms with Gasteiger partial charge in [-0.3, -0.25) is 33.7 Å². The first kappa shape index (κ1) is 48.0. The van der Waals surface area contributed by atoms with E-state index in [1.807, 2.05) is 76.9 Å². The van der Waals surface area contributed by atoms with E-state index in [1.54, 1.807) is 12.3 Å². The number of nitrogens with zero attached hydrogens (tertiary/aromatic N) is 3. The van der Waals surface area contributed by atoms with Crippen molar-refractivity contribution in [1.29, 1.82) is 0 Å². The Hall–Kier alpha value is -4.37. The molecule has 2 aromatic rings. The number of ether oxygens (including phenoxy) is 3. The number of carbonyl (C=O) groups excluding carboxylic acids is 6. The predicted octanol–water partition coefficient (Wildman–Crippen LogP) is 5.85. The molecule has 322 valence electrons. The van der Waals surface area contributed by atoms with Crippen LogP contribution in [0, 0.1) is 17.8 Å². The second kappa shape index (κ2) is 23.9. The molecule has 2 heterocycles. The van der Waals surface area contributed by atoms with Gasteiger partial charge in [-0.15, -0.1) is 11.3 Å². The number of amides is 3. The lowest BCUT2D eigenvalue weighted by atomic mass is 9.92. The summed E-state index contributed by atoms with van der Waals surface area (Å²) >= 11 is 1.15. The van der Waals surface area contributed by atoms with E-state index in [0.29, 0.717) is 37.1 Å². The number of nitrogens with one attached hydrogen (secondary N) is 2. The van der Waals surface area contributed by atoms with Crippen molar-refractivity contribution >= 4 is 47.0 Å². The molecule has 0 bridgehead atoms. The first-order valence-corrected chi connectivity index (χ1v) is 21.5. The number of carbonyl (C=O) groups is 6. The third kappa shape index (κ3) is 14.5. The standard InChI is InChI=1S/C43H65N5O9S/c1-10-17-37(50)56-26-48(42(53)38(28(5)11-2)46-40(52)34-20-15-16-21-47(34)8)35(27(3)4)24-36(57-30(7)49)41-45-33(25-58-41)39(51)44-32(22-29(6)43(54)55-9)23-31-18-13-12-14-19-31/h12-14,18-19,25,27-29,32,34-36,38H,10-11,15-17,20-24,26H2,1-9H3,(H,44,51)(H,46,52)/t28?,29-,32+,34+,35+,36+,38-/m0/s1. The average Bonchev–Trinajstić information content (AvgIpc) is 3.69. The minimum Gasteiger partial charge on any atom is -0.469 e. The molecule has 58 heavy (non-hydrogen) atoms. The van der Waals surface area contributed by atoms with E-state index in [0.717, 1.165) is 36.3 Å². The Balaban J connectivity index is 1.95. The van der Waals surface area contributed by atoms with Crippen LogP contribution in [-0.4, -0.2) is 102 Å². The SMILES string of the molecule is CCCC(=O)OCN(C(=O)[C@@H](NC(=O)[C@H]1CCCCN1C)C(C)CC)[C@H](C[C@@H](OC(C)=O)c1nc(C(=O)N[C@@H](Cc2ccccc2)C[C@H](C)C(=O)OC)cs1)C(C)C. The summed E-state index contributed by atoms with van der Waals surface area (Å²) in [5.41, 5.74) is 1.09. The highest BCUT2D eigenvalue weighted by molar-refractivity contribution is 7.09. The lowest BCUT2D eigenvalue weighted by Crippen LogP contribution is -2.59. The Morgan fingerprint density at radius 3 is 2.31 bits per heavy atom. The topological polar surface area (TPSA) is 174 Å². The average molecular weight is 828 g/mol. The molecule has 14 nitrogen and oxygen atoms in total. The largest absolute Gasteiger partial charge is 0.469 e. The second-order valence-corrected chi connectivity index (χ2v) is 16.7. The van der Waals surface area contributed by atoms with Gasteiger partial charge in [-0.25, -0.2) is 4.98 Å². The van der Waals surface area contributed by atoms with Gasteiger partial charge in [0.15, 0.2) is 12.8 Å². The van der Waals surface area contributed by atoms with Crippen LogP contribution >= 0.6 is 11.3 Å². The maximum Gasteiger partial charge on any atom is 0.308 e. The number of esters is 3. The Morgan fingerprint density at radius 1 is 1.00 bits per heavy atom. The van der Waals surface area contributed by atoms with Gasteiger partial charge in [0.2, 0.25) is 11.8 Å². The van der Waals surface area contributed by atoms with E-state index >= 15 is 0 Å². The Kier molecular flexibility index (Phi) is 19.8. The molecule has 0 saturated carbocycles. The third-order valence-electron chi connectivity index (χ3n) is 10.8. The summed E-state index contributed by atoms with van der Waals surface area (Å²) in [4.78, 5) is 87.9. The van der Waals surface area contributed by atoms with Crippen LogP contribution in [0.15, 0.2) is 35.7 Å². The molecule has 1 saturated heterocycles. The summed E-state index contributed by atoms with van der Waals surface area (Å²) < 4.78 is 16.5. The van der Waals surface area contributed by atoms with Crippen molar-refractivity contribution in [2.24, 2.45) is 17.8 Å². The lowest BCUT2D eigenvalue weighted by molar-refractivity contribution is -0.160. The summed E-state index contributed by atoms with van der Waals surface area (Å²) in [6.45, 7) is 13.0. The van der Waals surface area contributed by atoms with Crippen molar-refractivity contribution in [3.05, 3.63) is 52.0 Å². The van der Waals surface area contributed by atoms with Gasteiger partial charge in [0.1, 0.15) is 16.7 Å². The molecule has 1 aromatic carbocycles. The fourth-order valence-corrected chi connectivity index (χ4v) is 8.09. The molecule has 0 aliphatic carbocycles. The number of likely N-dealkylation sites (tertiary alicyclic amines) is 1. The Labute approximate surface area is 348 Å². The molecule has 3 amide bonds. The summed E-state index contributed by atoms with van der Waals surface area (Å²) in [5, 5.41) is 8.03. The number of rotatable bonds is 22. The highest BCUT2D eigenvalue weighted by Crippen LogP contribution is 2.32. The minimum absolute atomic E-state index is 0.0721. The quantitative estimate of drug-likeness (QED) is 0.0829. The summed E-state index contributed by atoms with van der Waals surface area (Å²) in [5.74, 6) is -3.47. The Bertz CT molecular complexity index is 1650.